The van der Waals surface area contributed by atoms with Crippen molar-refractivity contribution in [2.75, 3.05) is 0 Å². The van der Waals surface area contributed by atoms with Crippen LogP contribution in [-0.2, 0) is 11.2 Å². The van der Waals surface area contributed by atoms with Crippen molar-refractivity contribution in [2.45, 2.75) is 32.8 Å². The van der Waals surface area contributed by atoms with Crippen LogP contribution in [0.15, 0.2) is 36.9 Å². The van der Waals surface area contributed by atoms with Crippen LogP contribution in [0.4, 0.5) is 0 Å². The Kier molecular flexibility index (Phi) is 3.88. The van der Waals surface area contributed by atoms with Crippen LogP contribution >= 0.6 is 0 Å². The highest BCUT2D eigenvalue weighted by molar-refractivity contribution is 5.91. The molecule has 0 spiro atoms. The molecule has 0 bridgehead atoms. The number of esters is 1. The lowest BCUT2D eigenvalue weighted by molar-refractivity contribution is 0.00685. The lowest BCUT2D eigenvalue weighted by atomic mass is 10.0. The summed E-state index contributed by atoms with van der Waals surface area (Å²) in [5.41, 5.74) is 1.11. The van der Waals surface area contributed by atoms with Crippen LogP contribution < -0.4 is 0 Å². The molecule has 1 aromatic carbocycles. The lowest BCUT2D eigenvalue weighted by Crippen LogP contribution is -2.24. The summed E-state index contributed by atoms with van der Waals surface area (Å²) >= 11 is 0. The molecule has 0 aliphatic rings. The fraction of sp³-hybridized carbons (Fsp3) is 0.357. The van der Waals surface area contributed by atoms with E-state index in [4.69, 9.17) is 4.74 Å². The molecular formula is C14H18O2. The smallest absolute Gasteiger partial charge is 0.338 e. The molecule has 86 valence electrons. The fourth-order valence-corrected chi connectivity index (χ4v) is 1.39. The van der Waals surface area contributed by atoms with E-state index in [2.05, 4.69) is 6.58 Å². The van der Waals surface area contributed by atoms with Crippen molar-refractivity contribution in [1.29, 1.82) is 0 Å². The van der Waals surface area contributed by atoms with Crippen molar-refractivity contribution in [3.05, 3.63) is 48.0 Å². The minimum absolute atomic E-state index is 0.273. The van der Waals surface area contributed by atoms with Gasteiger partial charge in [-0.2, -0.15) is 0 Å². The van der Waals surface area contributed by atoms with Crippen LogP contribution in [-0.4, -0.2) is 11.6 Å². The first kappa shape index (κ1) is 12.5. The SMILES string of the molecule is C=CCc1ccccc1C(=O)OC(C)(C)C. The molecule has 0 saturated carbocycles. The van der Waals surface area contributed by atoms with E-state index in [1.807, 2.05) is 39.0 Å². The topological polar surface area (TPSA) is 26.3 Å². The largest absolute Gasteiger partial charge is 0.456 e. The van der Waals surface area contributed by atoms with Gasteiger partial charge in [0.05, 0.1) is 5.56 Å². The molecule has 0 aromatic heterocycles. The Morgan fingerprint density at radius 2 is 2.00 bits per heavy atom. The molecule has 16 heavy (non-hydrogen) atoms. The molecule has 1 aromatic rings. The number of rotatable bonds is 3. The Morgan fingerprint density at radius 3 is 2.56 bits per heavy atom. The first-order chi connectivity index (χ1) is 7.44. The van der Waals surface area contributed by atoms with Gasteiger partial charge in [-0.3, -0.25) is 0 Å². The summed E-state index contributed by atoms with van der Waals surface area (Å²) < 4.78 is 5.34. The van der Waals surface area contributed by atoms with Gasteiger partial charge >= 0.3 is 5.97 Å². The molecule has 0 heterocycles. The third-order valence-electron chi connectivity index (χ3n) is 2.00. The highest BCUT2D eigenvalue weighted by Gasteiger charge is 2.19. The zero-order chi connectivity index (χ0) is 12.2. The van der Waals surface area contributed by atoms with Gasteiger partial charge in [0.2, 0.25) is 0 Å². The van der Waals surface area contributed by atoms with Crippen LogP contribution in [0.3, 0.4) is 0 Å². The van der Waals surface area contributed by atoms with Crippen LogP contribution in [0.1, 0.15) is 36.7 Å². The molecule has 2 heteroatoms. The number of allylic oxidation sites excluding steroid dienone is 1. The van der Waals surface area contributed by atoms with Crippen LogP contribution in [0.5, 0.6) is 0 Å². The molecule has 0 amide bonds. The maximum absolute atomic E-state index is 11.9. The zero-order valence-electron chi connectivity index (χ0n) is 10.1. The summed E-state index contributed by atoms with van der Waals surface area (Å²) in [6.45, 7) is 9.27. The van der Waals surface area contributed by atoms with Crippen molar-refractivity contribution in [1.82, 2.24) is 0 Å². The standard InChI is InChI=1S/C14H18O2/c1-5-8-11-9-6-7-10-12(11)13(15)16-14(2,3)4/h5-7,9-10H,1,8H2,2-4H3. The monoisotopic (exact) mass is 218 g/mol. The van der Waals surface area contributed by atoms with Gasteiger partial charge in [0.1, 0.15) is 5.60 Å². The average Bonchev–Trinajstić information content (AvgIpc) is 2.16. The van der Waals surface area contributed by atoms with Crippen LogP contribution in [0.2, 0.25) is 0 Å². The van der Waals surface area contributed by atoms with Crippen LogP contribution in [0, 0.1) is 0 Å². The van der Waals surface area contributed by atoms with Gasteiger partial charge in [0, 0.05) is 0 Å². The third kappa shape index (κ3) is 3.54. The van der Waals surface area contributed by atoms with E-state index < -0.39 is 5.60 Å². The Labute approximate surface area is 96.9 Å². The molecule has 0 aliphatic heterocycles. The van der Waals surface area contributed by atoms with E-state index in [9.17, 15) is 4.79 Å². The molecule has 0 unspecified atom stereocenters. The molecule has 0 saturated heterocycles. The second kappa shape index (κ2) is 4.97. The third-order valence-corrected chi connectivity index (χ3v) is 2.00. The maximum Gasteiger partial charge on any atom is 0.338 e. The summed E-state index contributed by atoms with van der Waals surface area (Å²) in [7, 11) is 0. The molecule has 0 N–H and O–H groups in total. The van der Waals surface area contributed by atoms with Crippen molar-refractivity contribution < 1.29 is 9.53 Å². The zero-order valence-corrected chi connectivity index (χ0v) is 10.1. The Bertz CT molecular complexity index is 386. The Morgan fingerprint density at radius 1 is 1.38 bits per heavy atom. The van der Waals surface area contributed by atoms with Crippen molar-refractivity contribution in [3.8, 4) is 0 Å². The predicted molar refractivity (Wildman–Crippen MR) is 65.5 cm³/mol. The number of ether oxygens (including phenoxy) is 1. The summed E-state index contributed by atoms with van der Waals surface area (Å²) in [6.07, 6.45) is 2.46. The van der Waals surface area contributed by atoms with Crippen molar-refractivity contribution >= 4 is 5.97 Å². The van der Waals surface area contributed by atoms with E-state index in [1.54, 1.807) is 12.1 Å². The van der Waals surface area contributed by atoms with Gasteiger partial charge in [-0.1, -0.05) is 24.3 Å². The highest BCUT2D eigenvalue weighted by Crippen LogP contribution is 2.16. The molecule has 1 rings (SSSR count). The summed E-state index contributed by atoms with van der Waals surface area (Å²) in [5.74, 6) is -0.273. The van der Waals surface area contributed by atoms with Gasteiger partial charge in [-0.15, -0.1) is 6.58 Å². The van der Waals surface area contributed by atoms with E-state index >= 15 is 0 Å². The molecule has 0 atom stereocenters. The second-order valence-corrected chi connectivity index (χ2v) is 4.65. The van der Waals surface area contributed by atoms with Crippen molar-refractivity contribution in [2.24, 2.45) is 0 Å². The van der Waals surface area contributed by atoms with Crippen LogP contribution in [0.25, 0.3) is 0 Å². The minimum atomic E-state index is -0.460. The van der Waals surface area contributed by atoms with Crippen molar-refractivity contribution in [3.63, 3.8) is 0 Å². The number of carbonyl (C=O) groups excluding carboxylic acids is 1. The lowest BCUT2D eigenvalue weighted by Gasteiger charge is -2.20. The van der Waals surface area contributed by atoms with Gasteiger partial charge in [0.25, 0.3) is 0 Å². The molecule has 0 aliphatic carbocycles. The van der Waals surface area contributed by atoms with E-state index in [0.717, 1.165) is 5.56 Å². The van der Waals surface area contributed by atoms with Gasteiger partial charge in [-0.25, -0.2) is 4.79 Å². The average molecular weight is 218 g/mol. The fourth-order valence-electron chi connectivity index (χ4n) is 1.39. The number of carbonyl (C=O) groups is 1. The molecule has 2 nitrogen and oxygen atoms in total. The quantitative estimate of drug-likeness (QED) is 0.574. The highest BCUT2D eigenvalue weighted by atomic mass is 16.6. The summed E-state index contributed by atoms with van der Waals surface area (Å²) in [5, 5.41) is 0. The molecule has 0 fully saturated rings. The maximum atomic E-state index is 11.9. The molecule has 0 radical (unpaired) electrons. The van der Waals surface area contributed by atoms with Gasteiger partial charge < -0.3 is 4.74 Å². The number of hydrogen-bond acceptors (Lipinski definition) is 2. The normalized spacial score (nSPS) is 10.9. The van der Waals surface area contributed by atoms with Gasteiger partial charge in [0.15, 0.2) is 0 Å². The Balaban J connectivity index is 2.94. The predicted octanol–water partition coefficient (Wildman–Crippen LogP) is 3.37. The number of hydrogen-bond donors (Lipinski definition) is 0. The van der Waals surface area contributed by atoms with E-state index in [-0.39, 0.29) is 5.97 Å². The Hall–Kier alpha value is -1.57. The first-order valence-electron chi connectivity index (χ1n) is 5.36. The summed E-state index contributed by atoms with van der Waals surface area (Å²) in [4.78, 5) is 11.9. The van der Waals surface area contributed by atoms with E-state index in [1.165, 1.54) is 0 Å². The minimum Gasteiger partial charge on any atom is -0.456 e. The summed E-state index contributed by atoms with van der Waals surface area (Å²) in [6, 6.07) is 7.45. The first-order valence-corrected chi connectivity index (χ1v) is 5.36. The number of benzene rings is 1. The molecular weight excluding hydrogens is 200 g/mol. The van der Waals surface area contributed by atoms with Gasteiger partial charge in [-0.05, 0) is 38.8 Å². The second-order valence-electron chi connectivity index (χ2n) is 4.65. The van der Waals surface area contributed by atoms with E-state index in [0.29, 0.717) is 12.0 Å².